The molecule has 0 bridgehead atoms. The van der Waals surface area contributed by atoms with Gasteiger partial charge in [-0.15, -0.1) is 0 Å². The maximum Gasteiger partial charge on any atom is 0.414 e. The van der Waals surface area contributed by atoms with Gasteiger partial charge in [0, 0.05) is 6.54 Å². The van der Waals surface area contributed by atoms with Crippen LogP contribution < -0.4 is 74.9 Å². The lowest BCUT2D eigenvalue weighted by Crippen LogP contribution is -2.64. The SMILES string of the molecule is CC(C)(C)OC(=O)NC(=NCC1OC(OC2[C@@H](CNC(=O)CN)O[C@@H](OC3C(O)[C@H](N=C(NC(=O)OC(C)(C)C)NC(=O)OC(C)(C)C)CC(N=C(NC(=O)OC(C)(C)C)NC(=O)OC(C)(C)C)[C@@H]3O[C@@H]3OC(CN=C(NC(=O)OC(C)(C)C)NC(=O)OC(C)(C)C)[C@H](O)C(O)C3N=C(NC(=O)OC(C)(C)C)NC(=O)OC(C)(C)C)[C@H]2O)C(N=C(NC(=O)OC(C)(C)C)NC(=O)OC(C)(C)C)C(O)C1O)NC(=O)OC(C)(C)C. The Morgan fingerprint density at radius 1 is 0.257 bits per heavy atom. The lowest BCUT2D eigenvalue weighted by Gasteiger charge is -2.47. The molecule has 0 spiro atoms. The number of ether oxygens (including phenoxy) is 18. The zero-order valence-corrected chi connectivity index (χ0v) is 91.1. The normalized spacial score (nSPS) is 24.0. The van der Waals surface area contributed by atoms with Gasteiger partial charge in [-0.05, 0) is 256 Å². The first-order chi connectivity index (χ1) is 67.0. The van der Waals surface area contributed by atoms with Crippen LogP contribution in [0.4, 0.5) is 57.5 Å². The Balaban J connectivity index is 2.49. The third-order valence-corrected chi connectivity index (χ3v) is 17.5. The summed E-state index contributed by atoms with van der Waals surface area (Å²) in [5.74, 6) is -6.24. The van der Waals surface area contributed by atoms with Crippen LogP contribution >= 0.6 is 0 Å². The van der Waals surface area contributed by atoms with Gasteiger partial charge in [-0.3, -0.25) is 68.6 Å². The minimum atomic E-state index is -2.57. The molecule has 19 atom stereocenters. The number of carbonyl (C=O) groups excluding carboxylic acids is 13. The summed E-state index contributed by atoms with van der Waals surface area (Å²) in [5, 5.41) is 108. The summed E-state index contributed by atoms with van der Waals surface area (Å²) in [6, 6.07) is -8.89. The van der Waals surface area contributed by atoms with Crippen molar-refractivity contribution in [2.75, 3.05) is 26.2 Å². The molecule has 12 unspecified atom stereocenters. The second-order valence-electron chi connectivity index (χ2n) is 46.0. The van der Waals surface area contributed by atoms with E-state index in [1.54, 1.807) is 0 Å². The average molecular weight is 2120 g/mol. The Hall–Kier alpha value is -11.8. The fourth-order valence-electron chi connectivity index (χ4n) is 12.7. The van der Waals surface area contributed by atoms with Gasteiger partial charge in [0.1, 0.15) is 153 Å². The van der Waals surface area contributed by atoms with Crippen LogP contribution in [-0.2, 0) is 90.1 Å². The van der Waals surface area contributed by atoms with Crippen LogP contribution in [0.5, 0.6) is 0 Å². The van der Waals surface area contributed by atoms with Crippen molar-refractivity contribution >= 4 is 115 Å². The fourth-order valence-corrected chi connectivity index (χ4v) is 12.7. The number of nitrogens with zero attached hydrogens (tertiary/aromatic N) is 6. The highest BCUT2D eigenvalue weighted by Gasteiger charge is 2.58. The molecule has 0 aromatic heterocycles. The molecular weight excluding hydrogens is 1970 g/mol. The quantitative estimate of drug-likeness (QED) is 0.0525. The van der Waals surface area contributed by atoms with Crippen LogP contribution in [-0.4, -0.2) is 355 Å². The van der Waals surface area contributed by atoms with Crippen molar-refractivity contribution in [1.82, 2.24) is 69.1 Å². The average Bonchev–Trinajstić information content (AvgIpc) is 1.70. The predicted molar refractivity (Wildman–Crippen MR) is 525 cm³/mol. The van der Waals surface area contributed by atoms with Gasteiger partial charge >= 0.3 is 73.1 Å². The van der Waals surface area contributed by atoms with Crippen molar-refractivity contribution in [3.8, 4) is 0 Å². The lowest BCUT2D eigenvalue weighted by atomic mass is 9.83. The Morgan fingerprint density at radius 3 is 0.703 bits per heavy atom. The number of guanidine groups is 6. The van der Waals surface area contributed by atoms with Crippen molar-refractivity contribution < 1.29 is 178 Å². The zero-order valence-electron chi connectivity index (χ0n) is 91.1. The molecule has 4 fully saturated rings. The minimum absolute atomic E-state index is 0.728. The molecule has 21 N–H and O–H groups in total. The molecule has 0 aromatic carbocycles. The highest BCUT2D eigenvalue weighted by Crippen LogP contribution is 2.39. The van der Waals surface area contributed by atoms with E-state index in [0.717, 1.165) is 0 Å². The summed E-state index contributed by atoms with van der Waals surface area (Å²) < 4.78 is 107. The zero-order chi connectivity index (χ0) is 114. The van der Waals surface area contributed by atoms with E-state index in [-0.39, 0.29) is 0 Å². The van der Waals surface area contributed by atoms with Gasteiger partial charge in [-0.1, -0.05) is 0 Å². The summed E-state index contributed by atoms with van der Waals surface area (Å²) in [4.78, 5) is 208. The maximum absolute atomic E-state index is 14.4. The van der Waals surface area contributed by atoms with Crippen molar-refractivity contribution in [3.05, 3.63) is 0 Å². The molecule has 4 aliphatic rings. The Bertz CT molecular complexity index is 4560. The number of aliphatic hydroxyl groups is 6. The molecule has 844 valence electrons. The summed E-state index contributed by atoms with van der Waals surface area (Å²) in [5.41, 5.74) is -9.54. The molecule has 13 amide bonds. The van der Waals surface area contributed by atoms with E-state index in [2.05, 4.69) is 94.1 Å². The van der Waals surface area contributed by atoms with Crippen LogP contribution in [0, 0.1) is 0 Å². The second-order valence-corrected chi connectivity index (χ2v) is 46.0. The molecule has 1 saturated carbocycles. The molecule has 57 nitrogen and oxygen atoms in total. The molecule has 57 heteroatoms. The van der Waals surface area contributed by atoms with Gasteiger partial charge in [0.25, 0.3) is 0 Å². The summed E-state index contributed by atoms with van der Waals surface area (Å²) in [6.45, 7) is 49.5. The van der Waals surface area contributed by atoms with Gasteiger partial charge in [-0.25, -0.2) is 87.5 Å². The maximum atomic E-state index is 14.4. The standard InChI is InChI=1S/C91H158N20O37/c1-80(2,3)137-68(119)100-62(101-69(120)138-81(4,5)6)94-39-44-51(114)53(116)48(98-66(108-76(127)145-88(25,26)27)109-77(128)146-89(28,29)30)59(131-44)134-56-43(97-65(106-74(125)143-86(19,20)21)107-75(126)144-87(22,23)24)37-42(96-64(104-72(123)141-84(13,14)15)105-73(124)142-85(16,17)18)50(113)58(56)136-61-55(118)57(46(133-61)41-93-47(112)38-92)135-60-49(99-67(110-78(129)147-90(31,32)33)111-79(130)148-91(34,35)36)54(117)52(115)45(132-60)40-95-63(102-70(121)139-82(7,8)9)103-71(122)140-83(10,11)12/h42-46,48-61,113-118H,37-41,92H2,1-36H3,(H,93,112)(H2,94,100,101,119,120)(H2,95,102,103,121,122)(H2,96,104,105,123,124)(H2,97,106,107,125,126)(H2,98,108,109,127,128)(H2,99,110,111,129,130)/t42-,43?,44?,45?,46-,48?,49?,50?,51+,52?,53?,54?,55+,56+,57?,58?,59+,60?,61+/m1/s1. The molecule has 3 saturated heterocycles. The van der Waals surface area contributed by atoms with Crippen molar-refractivity contribution in [1.29, 1.82) is 0 Å². The number of alkyl carbamates (subject to hydrolysis) is 12. The van der Waals surface area contributed by atoms with E-state index in [4.69, 9.17) is 96.0 Å². The van der Waals surface area contributed by atoms with E-state index in [1.807, 2.05) is 0 Å². The Labute approximate surface area is 859 Å². The highest BCUT2D eigenvalue weighted by molar-refractivity contribution is 6.05. The molecule has 1 aliphatic carbocycles. The van der Waals surface area contributed by atoms with E-state index in [0.29, 0.717) is 0 Å². The first kappa shape index (κ1) is 128. The molecule has 148 heavy (non-hydrogen) atoms. The number of aliphatic imine (C=N–C) groups is 6. The third kappa shape index (κ3) is 50.5. The summed E-state index contributed by atoms with van der Waals surface area (Å²) in [6.07, 6.45) is -52.0. The number of carbonyl (C=O) groups is 13. The third-order valence-electron chi connectivity index (χ3n) is 17.5. The summed E-state index contributed by atoms with van der Waals surface area (Å²) in [7, 11) is 0. The monoisotopic (exact) mass is 2120 g/mol. The topological polar surface area (TPSA) is 766 Å². The van der Waals surface area contributed by atoms with Gasteiger partial charge < -0.3 is 127 Å². The highest BCUT2D eigenvalue weighted by atomic mass is 16.8. The first-order valence-electron chi connectivity index (χ1n) is 47.3. The largest absolute Gasteiger partial charge is 0.444 e. The smallest absolute Gasteiger partial charge is 0.414 e. The number of aliphatic hydroxyl groups excluding tert-OH is 6. The van der Waals surface area contributed by atoms with Crippen LogP contribution in [0.2, 0.25) is 0 Å². The van der Waals surface area contributed by atoms with Crippen LogP contribution in [0.25, 0.3) is 0 Å². The fraction of sp³-hybridized carbons (Fsp3) is 0.791. The number of hydrogen-bond acceptors (Lipinski definition) is 44. The molecule has 0 radical (unpaired) electrons. The predicted octanol–water partition coefficient (Wildman–Crippen LogP) is 4.87. The second kappa shape index (κ2) is 52.1. The van der Waals surface area contributed by atoms with E-state index >= 15 is 0 Å². The number of rotatable bonds is 17. The van der Waals surface area contributed by atoms with E-state index in [9.17, 15) is 93.0 Å². The van der Waals surface area contributed by atoms with E-state index < -0.39 is 331 Å². The minimum Gasteiger partial charge on any atom is -0.444 e. The van der Waals surface area contributed by atoms with Crippen molar-refractivity contribution in [2.45, 2.75) is 439 Å². The lowest BCUT2D eigenvalue weighted by molar-refractivity contribution is -0.306. The van der Waals surface area contributed by atoms with Gasteiger partial charge in [-0.2, -0.15) is 0 Å². The van der Waals surface area contributed by atoms with Crippen molar-refractivity contribution in [2.24, 2.45) is 35.7 Å². The Kier molecular flexibility index (Phi) is 45.2. The van der Waals surface area contributed by atoms with Crippen molar-refractivity contribution in [3.63, 3.8) is 0 Å². The molecule has 4 rings (SSSR count). The van der Waals surface area contributed by atoms with Crippen LogP contribution in [0.15, 0.2) is 30.0 Å². The molecule has 0 aromatic rings. The van der Waals surface area contributed by atoms with Crippen LogP contribution in [0.1, 0.15) is 256 Å². The van der Waals surface area contributed by atoms with Gasteiger partial charge in [0.15, 0.2) is 18.9 Å². The number of hydrogen-bond donors (Lipinski definition) is 20. The first-order valence-corrected chi connectivity index (χ1v) is 47.3. The molecular formula is C91H158N20O37. The van der Waals surface area contributed by atoms with E-state index in [1.165, 1.54) is 249 Å². The number of nitrogens with two attached hydrogens (primary N) is 1. The van der Waals surface area contributed by atoms with Gasteiger partial charge in [0.05, 0.1) is 31.7 Å². The van der Waals surface area contributed by atoms with Crippen LogP contribution in [0.3, 0.4) is 0 Å². The number of amides is 13. The Morgan fingerprint density at radius 2 is 0.466 bits per heavy atom. The van der Waals surface area contributed by atoms with Gasteiger partial charge in [0.2, 0.25) is 41.7 Å². The summed E-state index contributed by atoms with van der Waals surface area (Å²) >= 11 is 0. The molecule has 3 heterocycles. The molecule has 3 aliphatic heterocycles. The number of nitrogens with one attached hydrogen (secondary N) is 13.